The molecule has 15 N–H and O–H groups in total. The number of aliphatic hydroxyl groups excluding tert-OH is 3. The second kappa shape index (κ2) is 33.1. The smallest absolute Gasteiger partial charge is 0.404 e. The van der Waals surface area contributed by atoms with Crippen LogP contribution in [0.4, 0.5) is 31.4 Å². The van der Waals surface area contributed by atoms with Gasteiger partial charge in [-0.15, -0.1) is 0 Å². The lowest BCUT2D eigenvalue weighted by Crippen LogP contribution is -2.65. The first-order valence-electron chi connectivity index (χ1n) is 32.6. The van der Waals surface area contributed by atoms with Crippen molar-refractivity contribution in [2.75, 3.05) is 37.3 Å². The van der Waals surface area contributed by atoms with Gasteiger partial charge in [0.05, 0.1) is 27.6 Å². The monoisotopic (exact) mass is 1500 g/mol. The van der Waals surface area contributed by atoms with Crippen molar-refractivity contribution in [2.45, 2.75) is 173 Å². The van der Waals surface area contributed by atoms with Crippen molar-refractivity contribution in [1.29, 1.82) is 0 Å². The molecule has 107 heavy (non-hydrogen) atoms. The van der Waals surface area contributed by atoms with E-state index in [1.54, 1.807) is 66.7 Å². The average Bonchev–Trinajstić information content (AvgIpc) is 0.734. The number of methoxy groups -OCH3 is 3. The molecule has 12 atom stereocenters. The molecule has 3 saturated heterocycles. The molecule has 36 nitrogen and oxygen atoms in total. The Morgan fingerprint density at radius 1 is 0.523 bits per heavy atom. The van der Waals surface area contributed by atoms with Gasteiger partial charge in [0.15, 0.2) is 59.5 Å². The topological polar surface area (TPSA) is 539 Å². The second-order valence-electron chi connectivity index (χ2n) is 26.5. The predicted octanol–water partition coefficient (Wildman–Crippen LogP) is 5.54. The first-order chi connectivity index (χ1) is 50.1. The van der Waals surface area contributed by atoms with Gasteiger partial charge < -0.3 is 134 Å². The predicted molar refractivity (Wildman–Crippen MR) is 376 cm³/mol. The summed E-state index contributed by atoms with van der Waals surface area (Å²) in [6.07, 6.45) is -15.3. The normalized spacial score (nSPS) is 23.3. The summed E-state index contributed by atoms with van der Waals surface area (Å²) >= 11 is 0. The Labute approximate surface area is 607 Å². The molecular weight excluding hydrogens is 1420 g/mol. The number of aromatic hydroxyl groups is 3. The Morgan fingerprint density at radius 3 is 1.41 bits per heavy atom. The van der Waals surface area contributed by atoms with Crippen molar-refractivity contribution in [3.05, 3.63) is 132 Å². The molecule has 578 valence electrons. The third-order valence-corrected chi connectivity index (χ3v) is 17.1. The minimum Gasteiger partial charge on any atom is -0.508 e. The molecule has 6 heterocycles. The van der Waals surface area contributed by atoms with Gasteiger partial charge in [-0.1, -0.05) is 11.6 Å². The van der Waals surface area contributed by atoms with Crippen molar-refractivity contribution >= 4 is 86.0 Å². The van der Waals surface area contributed by atoms with E-state index >= 15 is 0 Å². The minimum absolute atomic E-state index is 0.00775. The van der Waals surface area contributed by atoms with Crippen molar-refractivity contribution in [1.82, 2.24) is 0 Å². The van der Waals surface area contributed by atoms with Gasteiger partial charge in [-0.3, -0.25) is 14.4 Å². The Balaban J connectivity index is 0.000000205. The van der Waals surface area contributed by atoms with Gasteiger partial charge >= 0.3 is 35.2 Å². The van der Waals surface area contributed by atoms with E-state index in [0.717, 1.165) is 5.57 Å². The Hall–Kier alpha value is -11.1. The van der Waals surface area contributed by atoms with Crippen molar-refractivity contribution in [2.24, 2.45) is 17.2 Å². The maximum atomic E-state index is 12.9. The van der Waals surface area contributed by atoms with Gasteiger partial charge in [0.2, 0.25) is 30.7 Å². The first kappa shape index (κ1) is 81.6. The standard InChI is InChI=1S/C30H34N2O10.C21H26N2O10.C20H24N2O10/c1-15(2)6-7-16-12-18(9-11-21(16)33)26(35)32-20-13-17-8-10-19(14-22(17)40-27(20)36)39-28-23(34)24(41-29(31)37)25(38-5)30(3,4)42-28;1-8-11(7-6-10-13(25)12(23-9(2)24)18(27)31-15(8)10)30-19-14(26)16(32-20(22)28)17(29-5)21(3,4)33-19;1-8(23)22-12-13(24)10-6-5-9(7-11(10)30-17(12)26)29-18-14(25)15(31-19(21)27)16(28-4)20(2,3)32-18/h6,8-14,23-25,28,33-34H,7H2,1-5H3,(H2,31,37)(H,32,35);6-7,14,16-17,19,25-26H,1-5H3,(H2,22,28)(H,23,24);5-7,14-16,18,24-25H,1-4H3,(H2,21,27)(H,22,23)/t23?,24-,25-,28-;14?,16-,17-,19-;14?,15-,16-,18-/m111/s1. The Bertz CT molecular complexity index is 4730. The van der Waals surface area contributed by atoms with E-state index in [-0.39, 0.29) is 73.1 Å². The average molecular weight is 1500 g/mol. The number of fused-ring (bicyclic) bond motifs is 3. The van der Waals surface area contributed by atoms with Crippen LogP contribution >= 0.6 is 0 Å². The number of nitrogens with two attached hydrogens (primary N) is 3. The maximum absolute atomic E-state index is 12.9. The number of aryl methyl sites for hydroxylation is 1. The highest BCUT2D eigenvalue weighted by molar-refractivity contribution is 6.05. The largest absolute Gasteiger partial charge is 0.508 e. The Morgan fingerprint density at radius 2 is 0.953 bits per heavy atom. The van der Waals surface area contributed by atoms with Gasteiger partial charge in [0, 0.05) is 63.8 Å². The molecule has 6 amide bonds. The van der Waals surface area contributed by atoms with Crippen LogP contribution in [0.15, 0.2) is 112 Å². The highest BCUT2D eigenvalue weighted by Crippen LogP contribution is 2.41. The van der Waals surface area contributed by atoms with Crippen LogP contribution in [0.1, 0.15) is 90.7 Å². The fourth-order valence-electron chi connectivity index (χ4n) is 12.2. The summed E-state index contributed by atoms with van der Waals surface area (Å²) in [6, 6.07) is 17.5. The second-order valence-corrected chi connectivity index (χ2v) is 26.5. The maximum Gasteiger partial charge on any atom is 0.404 e. The van der Waals surface area contributed by atoms with E-state index in [2.05, 4.69) is 16.0 Å². The zero-order valence-corrected chi connectivity index (χ0v) is 60.4. The Kier molecular flexibility index (Phi) is 25.3. The summed E-state index contributed by atoms with van der Waals surface area (Å²) in [5, 5.41) is 71.0. The number of anilines is 3. The number of benzene rings is 4. The number of phenols is 1. The van der Waals surface area contributed by atoms with Crippen LogP contribution in [0.2, 0.25) is 0 Å². The molecule has 0 spiro atoms. The molecule has 0 aliphatic carbocycles. The number of primary amides is 3. The lowest BCUT2D eigenvalue weighted by molar-refractivity contribution is -0.304. The molecule has 4 aromatic carbocycles. The molecule has 7 aromatic rings. The van der Waals surface area contributed by atoms with Crippen LogP contribution in [0, 0.1) is 6.92 Å². The van der Waals surface area contributed by atoms with Gasteiger partial charge in [0.25, 0.3) is 5.91 Å². The van der Waals surface area contributed by atoms with Crippen LogP contribution in [0.3, 0.4) is 0 Å². The first-order valence-corrected chi connectivity index (χ1v) is 32.6. The summed E-state index contributed by atoms with van der Waals surface area (Å²) in [4.78, 5) is 107. The number of hydrogen-bond acceptors (Lipinski definition) is 30. The molecule has 3 aromatic heterocycles. The van der Waals surface area contributed by atoms with Gasteiger partial charge in [-0.05, 0) is 135 Å². The molecule has 0 bridgehead atoms. The number of aliphatic hydroxyl groups is 3. The van der Waals surface area contributed by atoms with Crippen LogP contribution in [-0.4, -0.2) is 179 Å². The summed E-state index contributed by atoms with van der Waals surface area (Å²) in [6.45, 7) is 17.8. The summed E-state index contributed by atoms with van der Waals surface area (Å²) in [5.41, 5.74) is 11.1. The van der Waals surface area contributed by atoms with Crippen LogP contribution in [0.25, 0.3) is 32.9 Å². The fourth-order valence-corrected chi connectivity index (χ4v) is 12.2. The quantitative estimate of drug-likeness (QED) is 0.0285. The number of allylic oxidation sites excluding steroid dienone is 2. The van der Waals surface area contributed by atoms with E-state index in [0.29, 0.717) is 22.9 Å². The molecule has 0 radical (unpaired) electrons. The molecule has 3 aliphatic heterocycles. The summed E-state index contributed by atoms with van der Waals surface area (Å²) in [5.74, 6) is -2.06. The molecule has 3 aliphatic rings. The molecule has 36 heteroatoms. The van der Waals surface area contributed by atoms with Crippen molar-refractivity contribution < 1.29 is 130 Å². The van der Waals surface area contributed by atoms with Crippen LogP contribution < -0.4 is 64.2 Å². The third-order valence-electron chi connectivity index (χ3n) is 17.1. The number of ether oxygens (including phenoxy) is 12. The number of phenolic OH excluding ortho intramolecular Hbond substituents is 1. The lowest BCUT2D eigenvalue weighted by Gasteiger charge is -2.47. The number of hydrogen-bond donors (Lipinski definition) is 12. The number of nitrogens with one attached hydrogen (secondary N) is 3. The lowest BCUT2D eigenvalue weighted by atomic mass is 9.89. The van der Waals surface area contributed by atoms with E-state index < -0.39 is 155 Å². The number of carbonyl (C=O) groups excluding carboxylic acids is 6. The third kappa shape index (κ3) is 18.8. The number of carbonyl (C=O) groups is 6. The van der Waals surface area contributed by atoms with E-state index in [9.17, 15) is 73.8 Å². The molecule has 0 saturated carbocycles. The molecule has 10 rings (SSSR count). The molecule has 3 unspecified atom stereocenters. The van der Waals surface area contributed by atoms with E-state index in [1.807, 2.05) is 19.9 Å². The summed E-state index contributed by atoms with van der Waals surface area (Å²) < 4.78 is 82.1. The highest BCUT2D eigenvalue weighted by atomic mass is 16.7. The van der Waals surface area contributed by atoms with Crippen LogP contribution in [0.5, 0.6) is 34.5 Å². The van der Waals surface area contributed by atoms with Crippen molar-refractivity contribution in [3.8, 4) is 34.5 Å². The van der Waals surface area contributed by atoms with Gasteiger partial charge in [-0.25, -0.2) is 28.8 Å². The molecule has 3 fully saturated rings. The van der Waals surface area contributed by atoms with Crippen LogP contribution in [-0.2, 0) is 58.6 Å². The summed E-state index contributed by atoms with van der Waals surface area (Å²) in [7, 11) is 4.13. The van der Waals surface area contributed by atoms with Gasteiger partial charge in [0.1, 0.15) is 63.7 Å². The zero-order valence-electron chi connectivity index (χ0n) is 60.4. The van der Waals surface area contributed by atoms with E-state index in [4.69, 9.17) is 87.3 Å². The van der Waals surface area contributed by atoms with E-state index in [1.165, 1.54) is 89.8 Å². The van der Waals surface area contributed by atoms with Gasteiger partial charge in [-0.2, -0.15) is 0 Å². The number of rotatable bonds is 18. The fraction of sp³-hybridized carbons (Fsp3) is 0.423. The molecular formula is C71H84N6O30. The van der Waals surface area contributed by atoms with Crippen molar-refractivity contribution in [3.63, 3.8) is 0 Å². The number of amides is 6. The zero-order chi connectivity index (χ0) is 79.2. The minimum atomic E-state index is -1.48. The SMILES string of the molecule is CO[C@@H]1[C@H](OC(N)=O)C(O)[C@H](Oc2ccc3c(O)c(NC(C)=O)c(=O)oc3c2)OC1(C)C.CO[C@@H]1[C@H](OC(N)=O)C(O)[C@H](Oc2ccc3c(O)c(NC(C)=O)c(=O)oc3c2C)OC1(C)C.CO[C@@H]1[C@H](OC(N)=O)C(O)[C@H](Oc2ccc3cc(NC(=O)c4ccc(O)c(CC=C(C)C)c4)c(=O)oc3c2)OC1(C)C. The highest BCUT2D eigenvalue weighted by Gasteiger charge is 2.56.